The number of anilines is 6. The third kappa shape index (κ3) is 8.60. The van der Waals surface area contributed by atoms with Crippen LogP contribution >= 0.6 is 23.2 Å². The van der Waals surface area contributed by atoms with E-state index in [4.69, 9.17) is 32.7 Å². The van der Waals surface area contributed by atoms with Crippen LogP contribution in [-0.2, 0) is 16.0 Å². The number of urea groups is 1. The van der Waals surface area contributed by atoms with Gasteiger partial charge in [-0.25, -0.2) is 14.8 Å². The molecule has 4 N–H and O–H groups in total. The number of halogens is 2. The lowest BCUT2D eigenvalue weighted by Gasteiger charge is -2.24. The molecule has 0 bridgehead atoms. The van der Waals surface area contributed by atoms with Crippen molar-refractivity contribution in [2.24, 2.45) is 0 Å². The Bertz CT molecular complexity index is 1820. The number of aromatic nitrogens is 2. The zero-order valence-corrected chi connectivity index (χ0v) is 27.9. The van der Waals surface area contributed by atoms with E-state index in [0.29, 0.717) is 29.3 Å². The summed E-state index contributed by atoms with van der Waals surface area (Å²) < 4.78 is 10.7. The van der Waals surface area contributed by atoms with Crippen LogP contribution in [0.2, 0.25) is 10.0 Å². The molecule has 4 aromatic rings. The fraction of sp³-hybridized carbons (Fsp3) is 0.147. The van der Waals surface area contributed by atoms with E-state index in [1.165, 1.54) is 43.7 Å². The summed E-state index contributed by atoms with van der Waals surface area (Å²) >= 11 is 13.1. The average molecular weight is 691 g/mol. The van der Waals surface area contributed by atoms with E-state index in [1.807, 2.05) is 25.1 Å². The van der Waals surface area contributed by atoms with Crippen molar-refractivity contribution in [1.29, 1.82) is 0 Å². The van der Waals surface area contributed by atoms with E-state index in [9.17, 15) is 14.4 Å². The average Bonchev–Trinajstić information content (AvgIpc) is 3.09. The molecule has 0 fully saturated rings. The van der Waals surface area contributed by atoms with Crippen LogP contribution in [-0.4, -0.2) is 48.6 Å². The van der Waals surface area contributed by atoms with E-state index in [0.717, 1.165) is 11.1 Å². The Morgan fingerprint density at radius 3 is 2.12 bits per heavy atom. The second-order valence-electron chi connectivity index (χ2n) is 10.1. The number of carbonyl (C=O) groups excluding carboxylic acids is 3. The molecule has 0 atom stereocenters. The number of amides is 4. The molecule has 4 amide bonds. The van der Waals surface area contributed by atoms with Crippen molar-refractivity contribution in [3.05, 3.63) is 107 Å². The van der Waals surface area contributed by atoms with Crippen LogP contribution in [0.5, 0.6) is 11.5 Å². The summed E-state index contributed by atoms with van der Waals surface area (Å²) in [6, 6.07) is 15.1. The van der Waals surface area contributed by atoms with Gasteiger partial charge in [0.25, 0.3) is 0 Å². The minimum absolute atomic E-state index is 0.0763. The quantitative estimate of drug-likeness (QED) is 0.106. The molecule has 0 aliphatic heterocycles. The summed E-state index contributed by atoms with van der Waals surface area (Å²) in [5.74, 6) is 0.377. The molecule has 0 aliphatic rings. The van der Waals surface area contributed by atoms with E-state index in [-0.39, 0.29) is 51.4 Å². The first-order valence-electron chi connectivity index (χ1n) is 14.4. The van der Waals surface area contributed by atoms with E-state index < -0.39 is 6.03 Å². The van der Waals surface area contributed by atoms with Gasteiger partial charge in [-0.2, -0.15) is 0 Å². The van der Waals surface area contributed by atoms with Crippen molar-refractivity contribution >= 4 is 75.4 Å². The van der Waals surface area contributed by atoms with Crippen LogP contribution in [0, 0.1) is 6.92 Å². The molecule has 1 heterocycles. The fourth-order valence-electron chi connectivity index (χ4n) is 4.49. The van der Waals surface area contributed by atoms with Gasteiger partial charge in [0, 0.05) is 24.4 Å². The van der Waals surface area contributed by atoms with Crippen LogP contribution in [0.4, 0.5) is 39.2 Å². The lowest BCUT2D eigenvalue weighted by Crippen LogP contribution is -2.37. The Labute approximate surface area is 287 Å². The molecule has 248 valence electrons. The van der Waals surface area contributed by atoms with Gasteiger partial charge in [0.05, 0.1) is 31.3 Å². The maximum absolute atomic E-state index is 14.0. The van der Waals surface area contributed by atoms with Crippen LogP contribution in [0.25, 0.3) is 0 Å². The van der Waals surface area contributed by atoms with Crippen molar-refractivity contribution < 1.29 is 23.9 Å². The number of nitrogens with one attached hydrogen (secondary N) is 4. The standard InChI is InChI=1S/C34H33Cl2N7O5/c1-6-28(44)39-22-13-11-21(12-14-22)15-16-43(34(46)42-33-30(35)24(47-4)17-25(48-5)31(33)36)27-18-26(37-19-38-27)41-32-20(3)9-8-10-23(32)40-29(45)7-2/h6-14,17-19H,1-2,15-16H2,3-5H3,(H,39,44)(H,40,45)(H,42,46)(H,37,38,41). The van der Waals surface area contributed by atoms with Gasteiger partial charge in [-0.05, 0) is 54.8 Å². The largest absolute Gasteiger partial charge is 0.495 e. The predicted molar refractivity (Wildman–Crippen MR) is 190 cm³/mol. The molecule has 3 aromatic carbocycles. The van der Waals surface area contributed by atoms with Crippen LogP contribution in [0.3, 0.4) is 0 Å². The third-order valence-corrected chi connectivity index (χ3v) is 7.73. The zero-order valence-electron chi connectivity index (χ0n) is 26.4. The van der Waals surface area contributed by atoms with Crippen LogP contribution in [0.15, 0.2) is 86.2 Å². The van der Waals surface area contributed by atoms with Gasteiger partial charge in [0.2, 0.25) is 11.8 Å². The SMILES string of the molecule is C=CC(=O)Nc1ccc(CCN(C(=O)Nc2c(Cl)c(OC)cc(OC)c2Cl)c2cc(Nc3c(C)cccc3NC(=O)C=C)ncn2)cc1. The minimum atomic E-state index is -0.608. The third-order valence-electron chi connectivity index (χ3n) is 6.98. The highest BCUT2D eigenvalue weighted by Crippen LogP contribution is 2.44. The number of ether oxygens (including phenoxy) is 2. The number of para-hydroxylation sites is 1. The Morgan fingerprint density at radius 1 is 0.854 bits per heavy atom. The second-order valence-corrected chi connectivity index (χ2v) is 10.8. The van der Waals surface area contributed by atoms with Gasteiger partial charge < -0.3 is 30.7 Å². The molecule has 0 unspecified atom stereocenters. The Hall–Kier alpha value is -5.59. The summed E-state index contributed by atoms with van der Waals surface area (Å²) in [4.78, 5) is 47.9. The number of aryl methyl sites for hydroxylation is 1. The molecule has 0 saturated carbocycles. The monoisotopic (exact) mass is 689 g/mol. The second kappa shape index (κ2) is 16.3. The number of carbonyl (C=O) groups is 3. The molecule has 0 aliphatic carbocycles. The van der Waals surface area contributed by atoms with E-state index in [2.05, 4.69) is 44.4 Å². The Kier molecular flexibility index (Phi) is 12.0. The molecule has 0 saturated heterocycles. The van der Waals surface area contributed by atoms with Crippen LogP contribution in [0.1, 0.15) is 11.1 Å². The first kappa shape index (κ1) is 35.3. The number of methoxy groups -OCH3 is 2. The molecule has 12 nitrogen and oxygen atoms in total. The van der Waals surface area contributed by atoms with Crippen molar-refractivity contribution in [1.82, 2.24) is 9.97 Å². The molecule has 14 heteroatoms. The zero-order chi connectivity index (χ0) is 34.8. The lowest BCUT2D eigenvalue weighted by atomic mass is 10.1. The van der Waals surface area contributed by atoms with E-state index in [1.54, 1.807) is 30.3 Å². The molecular weight excluding hydrogens is 657 g/mol. The summed E-state index contributed by atoms with van der Waals surface area (Å²) in [6.07, 6.45) is 4.06. The number of nitrogens with zero attached hydrogens (tertiary/aromatic N) is 3. The molecular formula is C34H33Cl2N7O5. The summed E-state index contributed by atoms with van der Waals surface area (Å²) in [6.45, 7) is 9.00. The minimum Gasteiger partial charge on any atom is -0.495 e. The van der Waals surface area contributed by atoms with Crippen molar-refractivity contribution in [2.75, 3.05) is 46.9 Å². The summed E-state index contributed by atoms with van der Waals surface area (Å²) in [5.41, 5.74) is 3.49. The number of benzene rings is 3. The highest BCUT2D eigenvalue weighted by Gasteiger charge is 2.24. The molecule has 1 aromatic heterocycles. The first-order valence-corrected chi connectivity index (χ1v) is 15.2. The number of hydrogen-bond acceptors (Lipinski definition) is 8. The number of hydrogen-bond donors (Lipinski definition) is 4. The lowest BCUT2D eigenvalue weighted by molar-refractivity contribution is -0.112. The summed E-state index contributed by atoms with van der Waals surface area (Å²) in [5, 5.41) is 11.6. The predicted octanol–water partition coefficient (Wildman–Crippen LogP) is 7.38. The van der Waals surface area contributed by atoms with Crippen molar-refractivity contribution in [3.8, 4) is 11.5 Å². The first-order chi connectivity index (χ1) is 23.1. The van der Waals surface area contributed by atoms with Gasteiger partial charge in [-0.15, -0.1) is 0 Å². The van der Waals surface area contributed by atoms with Gasteiger partial charge in [0.15, 0.2) is 0 Å². The molecule has 48 heavy (non-hydrogen) atoms. The Morgan fingerprint density at radius 2 is 1.50 bits per heavy atom. The fourth-order valence-corrected chi connectivity index (χ4v) is 5.09. The maximum atomic E-state index is 14.0. The Balaban J connectivity index is 1.68. The maximum Gasteiger partial charge on any atom is 0.327 e. The smallest absolute Gasteiger partial charge is 0.327 e. The van der Waals surface area contributed by atoms with Crippen molar-refractivity contribution in [2.45, 2.75) is 13.3 Å². The van der Waals surface area contributed by atoms with E-state index >= 15 is 0 Å². The summed E-state index contributed by atoms with van der Waals surface area (Å²) in [7, 11) is 2.86. The number of rotatable bonds is 13. The highest BCUT2D eigenvalue weighted by molar-refractivity contribution is 6.41. The van der Waals surface area contributed by atoms with Gasteiger partial charge in [-0.1, -0.05) is 60.6 Å². The molecule has 0 spiro atoms. The van der Waals surface area contributed by atoms with Gasteiger partial charge in [0.1, 0.15) is 39.5 Å². The molecule has 4 rings (SSSR count). The normalized spacial score (nSPS) is 10.4. The van der Waals surface area contributed by atoms with Gasteiger partial charge >= 0.3 is 6.03 Å². The topological polar surface area (TPSA) is 147 Å². The highest BCUT2D eigenvalue weighted by atomic mass is 35.5. The van der Waals surface area contributed by atoms with Crippen molar-refractivity contribution in [3.63, 3.8) is 0 Å². The molecule has 0 radical (unpaired) electrons. The van der Waals surface area contributed by atoms with Gasteiger partial charge in [-0.3, -0.25) is 14.5 Å². The van der Waals surface area contributed by atoms with Crippen LogP contribution < -0.4 is 35.6 Å².